The number of rotatable bonds is 1. The fourth-order valence-corrected chi connectivity index (χ4v) is 3.57. The molecule has 1 fully saturated rings. The lowest BCUT2D eigenvalue weighted by atomic mass is 10.1. The second kappa shape index (κ2) is 5.33. The molecule has 0 aliphatic carbocycles. The van der Waals surface area contributed by atoms with E-state index in [0.29, 0.717) is 5.52 Å². The molecular weight excluding hydrogens is 285 g/mol. The molecule has 3 rings (SSSR count). The van der Waals surface area contributed by atoms with Crippen molar-refractivity contribution in [3.63, 3.8) is 0 Å². The predicted molar refractivity (Wildman–Crippen MR) is 73.8 cm³/mol. The van der Waals surface area contributed by atoms with Gasteiger partial charge in [0.1, 0.15) is 5.01 Å². The lowest BCUT2D eigenvalue weighted by Gasteiger charge is -2.11. The van der Waals surface area contributed by atoms with Crippen LogP contribution in [0.3, 0.4) is 0 Å². The van der Waals surface area contributed by atoms with Crippen molar-refractivity contribution in [3.05, 3.63) is 28.8 Å². The molecule has 1 aromatic heterocycles. The van der Waals surface area contributed by atoms with Gasteiger partial charge in [0, 0.05) is 0 Å². The average Bonchev–Trinajstić information content (AvgIpc) is 2.63. The van der Waals surface area contributed by atoms with Crippen molar-refractivity contribution in [3.8, 4) is 0 Å². The summed E-state index contributed by atoms with van der Waals surface area (Å²) in [6.07, 6.45) is 0.193. The largest absolute Gasteiger partial charge is 0.416 e. The summed E-state index contributed by atoms with van der Waals surface area (Å²) in [6, 6.07) is 3.98. The maximum absolute atomic E-state index is 12.7. The highest BCUT2D eigenvalue weighted by Crippen LogP contribution is 2.35. The standard InChI is InChI=1S/C14H15F3N2S/c15-14(16,17)9-5-6-12-11(8-9)19-13(20-12)10-4-2-1-3-7-18-10/h5-6,8,10,18H,1-4,7H2. The fourth-order valence-electron chi connectivity index (χ4n) is 2.51. The van der Waals surface area contributed by atoms with Crippen LogP contribution in [0.4, 0.5) is 13.2 Å². The van der Waals surface area contributed by atoms with Gasteiger partial charge in [-0.05, 0) is 37.6 Å². The molecule has 1 atom stereocenters. The molecule has 0 spiro atoms. The highest BCUT2D eigenvalue weighted by molar-refractivity contribution is 7.18. The molecule has 1 aliphatic heterocycles. The Hall–Kier alpha value is -1.14. The molecule has 6 heteroatoms. The minimum absolute atomic E-state index is 0.184. The van der Waals surface area contributed by atoms with Crippen molar-refractivity contribution in [2.24, 2.45) is 0 Å². The van der Waals surface area contributed by atoms with Gasteiger partial charge in [-0.3, -0.25) is 0 Å². The number of thiazole rings is 1. The zero-order valence-electron chi connectivity index (χ0n) is 10.8. The molecule has 108 valence electrons. The van der Waals surface area contributed by atoms with Gasteiger partial charge in [0.2, 0.25) is 0 Å². The van der Waals surface area contributed by atoms with Gasteiger partial charge in [-0.25, -0.2) is 4.98 Å². The average molecular weight is 300 g/mol. The number of halogens is 3. The number of fused-ring (bicyclic) bond motifs is 1. The number of nitrogens with one attached hydrogen (secondary N) is 1. The normalized spacial score (nSPS) is 21.1. The first-order chi connectivity index (χ1) is 9.54. The van der Waals surface area contributed by atoms with Crippen LogP contribution in [0.2, 0.25) is 0 Å². The summed E-state index contributed by atoms with van der Waals surface area (Å²) in [5.41, 5.74) is -0.179. The number of aromatic nitrogens is 1. The summed E-state index contributed by atoms with van der Waals surface area (Å²) in [7, 11) is 0. The molecule has 1 aromatic carbocycles. The minimum Gasteiger partial charge on any atom is -0.308 e. The molecule has 1 saturated heterocycles. The monoisotopic (exact) mass is 300 g/mol. The number of nitrogens with zero attached hydrogens (tertiary/aromatic N) is 1. The van der Waals surface area contributed by atoms with Crippen molar-refractivity contribution in [2.45, 2.75) is 37.9 Å². The van der Waals surface area contributed by atoms with E-state index in [1.807, 2.05) is 0 Å². The lowest BCUT2D eigenvalue weighted by molar-refractivity contribution is -0.137. The Balaban J connectivity index is 1.93. The van der Waals surface area contributed by atoms with E-state index in [4.69, 9.17) is 0 Å². The third-order valence-electron chi connectivity index (χ3n) is 3.59. The molecule has 20 heavy (non-hydrogen) atoms. The van der Waals surface area contributed by atoms with E-state index in [2.05, 4.69) is 10.3 Å². The zero-order valence-corrected chi connectivity index (χ0v) is 11.7. The Morgan fingerprint density at radius 2 is 2.05 bits per heavy atom. The first kappa shape index (κ1) is 13.8. The van der Waals surface area contributed by atoms with Crippen molar-refractivity contribution < 1.29 is 13.2 Å². The first-order valence-corrected chi connectivity index (χ1v) is 7.57. The molecule has 1 unspecified atom stereocenters. The second-order valence-electron chi connectivity index (χ2n) is 5.09. The van der Waals surface area contributed by atoms with E-state index in [-0.39, 0.29) is 6.04 Å². The van der Waals surface area contributed by atoms with Crippen LogP contribution in [0.1, 0.15) is 42.3 Å². The Morgan fingerprint density at radius 3 is 2.85 bits per heavy atom. The number of hydrogen-bond acceptors (Lipinski definition) is 3. The Morgan fingerprint density at radius 1 is 1.20 bits per heavy atom. The van der Waals surface area contributed by atoms with Crippen molar-refractivity contribution in [2.75, 3.05) is 6.54 Å². The van der Waals surface area contributed by atoms with Crippen LogP contribution in [0, 0.1) is 0 Å². The molecule has 2 nitrogen and oxygen atoms in total. The van der Waals surface area contributed by atoms with Gasteiger partial charge >= 0.3 is 6.18 Å². The van der Waals surface area contributed by atoms with Crippen molar-refractivity contribution >= 4 is 21.6 Å². The van der Waals surface area contributed by atoms with Gasteiger partial charge in [-0.2, -0.15) is 13.2 Å². The van der Waals surface area contributed by atoms with E-state index < -0.39 is 11.7 Å². The lowest BCUT2D eigenvalue weighted by Crippen LogP contribution is -2.19. The summed E-state index contributed by atoms with van der Waals surface area (Å²) in [6.45, 7) is 0.953. The Bertz CT molecular complexity index is 598. The molecule has 1 N–H and O–H groups in total. The summed E-state index contributed by atoms with van der Waals surface area (Å²) in [4.78, 5) is 4.41. The molecule has 0 bridgehead atoms. The van der Waals surface area contributed by atoms with Crippen LogP contribution in [-0.4, -0.2) is 11.5 Å². The maximum atomic E-state index is 12.7. The molecule has 0 amide bonds. The summed E-state index contributed by atoms with van der Waals surface area (Å²) >= 11 is 1.49. The van der Waals surface area contributed by atoms with Gasteiger partial charge in [0.05, 0.1) is 21.8 Å². The Kier molecular flexibility index (Phi) is 3.69. The number of alkyl halides is 3. The van der Waals surface area contributed by atoms with Crippen molar-refractivity contribution in [1.29, 1.82) is 0 Å². The van der Waals surface area contributed by atoms with Crippen molar-refractivity contribution in [1.82, 2.24) is 10.3 Å². The zero-order chi connectivity index (χ0) is 14.2. The topological polar surface area (TPSA) is 24.9 Å². The van der Waals surface area contributed by atoms with Crippen LogP contribution >= 0.6 is 11.3 Å². The highest BCUT2D eigenvalue weighted by atomic mass is 32.1. The third kappa shape index (κ3) is 2.81. The molecule has 2 aromatic rings. The van der Waals surface area contributed by atoms with Gasteiger partial charge in [0.15, 0.2) is 0 Å². The van der Waals surface area contributed by atoms with Gasteiger partial charge < -0.3 is 5.32 Å². The van der Waals surface area contributed by atoms with E-state index in [9.17, 15) is 13.2 Å². The van der Waals surface area contributed by atoms with Crippen LogP contribution < -0.4 is 5.32 Å². The van der Waals surface area contributed by atoms with E-state index in [1.54, 1.807) is 0 Å². The summed E-state index contributed by atoms with van der Waals surface area (Å²) in [5.74, 6) is 0. The number of benzene rings is 1. The molecular formula is C14H15F3N2S. The third-order valence-corrected chi connectivity index (χ3v) is 4.74. The molecule has 2 heterocycles. The molecule has 0 radical (unpaired) electrons. The summed E-state index contributed by atoms with van der Waals surface area (Å²) in [5, 5.41) is 4.33. The minimum atomic E-state index is -4.31. The first-order valence-electron chi connectivity index (χ1n) is 6.75. The molecule has 1 aliphatic rings. The van der Waals surface area contributed by atoms with Crippen LogP contribution in [-0.2, 0) is 6.18 Å². The second-order valence-corrected chi connectivity index (χ2v) is 6.15. The fraction of sp³-hybridized carbons (Fsp3) is 0.500. The van der Waals surface area contributed by atoms with Crippen LogP contribution in [0.5, 0.6) is 0 Å². The van der Waals surface area contributed by atoms with Gasteiger partial charge in [-0.15, -0.1) is 11.3 Å². The predicted octanol–water partition coefficient (Wildman–Crippen LogP) is 4.52. The quantitative estimate of drug-likeness (QED) is 0.837. The van der Waals surface area contributed by atoms with E-state index in [0.717, 1.165) is 47.6 Å². The van der Waals surface area contributed by atoms with Crippen LogP contribution in [0.25, 0.3) is 10.2 Å². The van der Waals surface area contributed by atoms with E-state index >= 15 is 0 Å². The van der Waals surface area contributed by atoms with E-state index in [1.165, 1.54) is 23.8 Å². The van der Waals surface area contributed by atoms with Gasteiger partial charge in [-0.1, -0.05) is 12.8 Å². The SMILES string of the molecule is FC(F)(F)c1ccc2sc(C3CCCCCN3)nc2c1. The van der Waals surface area contributed by atoms with Gasteiger partial charge in [0.25, 0.3) is 0 Å². The molecule has 0 saturated carbocycles. The highest BCUT2D eigenvalue weighted by Gasteiger charge is 2.31. The Labute approximate surface area is 119 Å². The smallest absolute Gasteiger partial charge is 0.308 e. The number of hydrogen-bond donors (Lipinski definition) is 1. The maximum Gasteiger partial charge on any atom is 0.416 e. The summed E-state index contributed by atoms with van der Waals surface area (Å²) < 4.78 is 38.9. The van der Waals surface area contributed by atoms with Crippen LogP contribution in [0.15, 0.2) is 18.2 Å².